The zero-order chi connectivity index (χ0) is 14.8. The predicted octanol–water partition coefficient (Wildman–Crippen LogP) is 3.20. The van der Waals surface area contributed by atoms with Crippen LogP contribution in [0.2, 0.25) is 0 Å². The largest absolute Gasteiger partial charge is 0.380 e. The van der Waals surface area contributed by atoms with Crippen LogP contribution in [0.1, 0.15) is 37.6 Å². The fourth-order valence-electron chi connectivity index (χ4n) is 2.22. The van der Waals surface area contributed by atoms with Gasteiger partial charge in [0.15, 0.2) is 0 Å². The Kier molecular flexibility index (Phi) is 3.80. The second kappa shape index (κ2) is 5.38. The minimum Gasteiger partial charge on any atom is -0.380 e. The number of nitrogens with zero attached hydrogens (tertiary/aromatic N) is 3. The fraction of sp³-hybridized carbons (Fsp3) is 0.375. The van der Waals surface area contributed by atoms with E-state index in [0.29, 0.717) is 12.1 Å². The minimum absolute atomic E-state index is 0.00696. The molecule has 0 spiro atoms. The molecular weight excluding hydrogens is 248 g/mol. The summed E-state index contributed by atoms with van der Waals surface area (Å²) < 4.78 is 1.84. The van der Waals surface area contributed by atoms with Gasteiger partial charge in [0.25, 0.3) is 0 Å². The third-order valence-electron chi connectivity index (χ3n) is 3.13. The van der Waals surface area contributed by atoms with Gasteiger partial charge in [-0.15, -0.1) is 0 Å². The Morgan fingerprint density at radius 3 is 2.65 bits per heavy atom. The first kappa shape index (κ1) is 14.1. The minimum atomic E-state index is 0.00696. The molecule has 0 amide bonds. The summed E-state index contributed by atoms with van der Waals surface area (Å²) in [6.07, 6.45) is 2.03. The number of aromatic nitrogens is 2. The first-order valence-corrected chi connectivity index (χ1v) is 6.68. The van der Waals surface area contributed by atoms with Crippen molar-refractivity contribution in [2.45, 2.75) is 32.7 Å². The lowest BCUT2D eigenvalue weighted by molar-refractivity contribution is 0.549. The van der Waals surface area contributed by atoms with Crippen molar-refractivity contribution in [2.24, 2.45) is 7.05 Å². The average Bonchev–Trinajstić information content (AvgIpc) is 2.78. The van der Waals surface area contributed by atoms with Crippen LogP contribution in [0, 0.1) is 11.3 Å². The quantitative estimate of drug-likeness (QED) is 0.930. The monoisotopic (exact) mass is 268 g/mol. The highest BCUT2D eigenvalue weighted by atomic mass is 15.3. The topological polar surface area (TPSA) is 53.6 Å². The average molecular weight is 268 g/mol. The van der Waals surface area contributed by atoms with E-state index >= 15 is 0 Å². The molecule has 20 heavy (non-hydrogen) atoms. The van der Waals surface area contributed by atoms with Gasteiger partial charge in [0.1, 0.15) is 6.07 Å². The molecule has 104 valence electrons. The SMILES string of the molecule is Cn1cc(CNc2ccccc2C#N)c(C(C)(C)C)n1. The number of hydrogen-bond donors (Lipinski definition) is 1. The van der Waals surface area contributed by atoms with Crippen molar-refractivity contribution in [3.05, 3.63) is 47.3 Å². The van der Waals surface area contributed by atoms with Gasteiger partial charge in [0.05, 0.1) is 16.9 Å². The summed E-state index contributed by atoms with van der Waals surface area (Å²) in [6, 6.07) is 9.73. The number of para-hydroxylation sites is 1. The van der Waals surface area contributed by atoms with Crippen LogP contribution >= 0.6 is 0 Å². The lowest BCUT2D eigenvalue weighted by atomic mass is 9.89. The second-order valence-corrected chi connectivity index (χ2v) is 5.94. The third-order valence-corrected chi connectivity index (χ3v) is 3.13. The van der Waals surface area contributed by atoms with Crippen LogP contribution < -0.4 is 5.32 Å². The molecule has 4 nitrogen and oxygen atoms in total. The van der Waals surface area contributed by atoms with Crippen LogP contribution in [0.5, 0.6) is 0 Å². The highest BCUT2D eigenvalue weighted by molar-refractivity contribution is 5.57. The maximum atomic E-state index is 9.10. The number of nitriles is 1. The van der Waals surface area contributed by atoms with Gasteiger partial charge in [-0.2, -0.15) is 10.4 Å². The van der Waals surface area contributed by atoms with Crippen molar-refractivity contribution < 1.29 is 0 Å². The van der Waals surface area contributed by atoms with Crippen molar-refractivity contribution in [3.8, 4) is 6.07 Å². The molecule has 4 heteroatoms. The van der Waals surface area contributed by atoms with E-state index in [1.807, 2.05) is 42.2 Å². The Balaban J connectivity index is 2.22. The lowest BCUT2D eigenvalue weighted by Gasteiger charge is -2.18. The van der Waals surface area contributed by atoms with E-state index in [-0.39, 0.29) is 5.41 Å². The zero-order valence-electron chi connectivity index (χ0n) is 12.4. The summed E-state index contributed by atoms with van der Waals surface area (Å²) in [5.41, 5.74) is 3.77. The summed E-state index contributed by atoms with van der Waals surface area (Å²) >= 11 is 0. The van der Waals surface area contributed by atoms with E-state index in [0.717, 1.165) is 16.9 Å². The van der Waals surface area contributed by atoms with Crippen LogP contribution in [0.25, 0.3) is 0 Å². The van der Waals surface area contributed by atoms with Crippen molar-refractivity contribution in [1.82, 2.24) is 9.78 Å². The van der Waals surface area contributed by atoms with Gasteiger partial charge in [-0.05, 0) is 12.1 Å². The summed E-state index contributed by atoms with van der Waals surface area (Å²) in [5, 5.41) is 17.0. The molecule has 2 aromatic rings. The number of hydrogen-bond acceptors (Lipinski definition) is 3. The van der Waals surface area contributed by atoms with Crippen LogP contribution in [-0.2, 0) is 19.0 Å². The van der Waals surface area contributed by atoms with Crippen LogP contribution in [-0.4, -0.2) is 9.78 Å². The van der Waals surface area contributed by atoms with Gasteiger partial charge in [-0.25, -0.2) is 0 Å². The second-order valence-electron chi connectivity index (χ2n) is 5.94. The Labute approximate surface area is 120 Å². The van der Waals surface area contributed by atoms with Crippen molar-refractivity contribution in [3.63, 3.8) is 0 Å². The number of nitrogens with one attached hydrogen (secondary N) is 1. The van der Waals surface area contributed by atoms with E-state index < -0.39 is 0 Å². The molecule has 2 rings (SSSR count). The van der Waals surface area contributed by atoms with Gasteiger partial charge < -0.3 is 5.32 Å². The van der Waals surface area contributed by atoms with E-state index in [1.165, 1.54) is 0 Å². The van der Waals surface area contributed by atoms with Gasteiger partial charge in [0, 0.05) is 30.8 Å². The number of benzene rings is 1. The predicted molar refractivity (Wildman–Crippen MR) is 80.4 cm³/mol. The Morgan fingerprint density at radius 2 is 2.00 bits per heavy atom. The molecule has 0 aliphatic rings. The number of aryl methyl sites for hydroxylation is 1. The number of rotatable bonds is 3. The van der Waals surface area contributed by atoms with Crippen molar-refractivity contribution >= 4 is 5.69 Å². The fourth-order valence-corrected chi connectivity index (χ4v) is 2.22. The zero-order valence-corrected chi connectivity index (χ0v) is 12.4. The Hall–Kier alpha value is -2.28. The highest BCUT2D eigenvalue weighted by Gasteiger charge is 2.21. The molecule has 0 radical (unpaired) electrons. The molecule has 0 unspecified atom stereocenters. The molecule has 0 aliphatic carbocycles. The Bertz CT molecular complexity index is 641. The molecule has 1 heterocycles. The molecule has 0 saturated heterocycles. The van der Waals surface area contributed by atoms with E-state index in [9.17, 15) is 0 Å². The summed E-state index contributed by atoms with van der Waals surface area (Å²) in [6.45, 7) is 7.13. The van der Waals surface area contributed by atoms with E-state index in [1.54, 1.807) is 0 Å². The standard InChI is InChI=1S/C16H20N4/c1-16(2,3)15-13(11-20(4)19-15)10-18-14-8-6-5-7-12(14)9-17/h5-8,11,18H,10H2,1-4H3. The highest BCUT2D eigenvalue weighted by Crippen LogP contribution is 2.25. The first-order chi connectivity index (χ1) is 9.41. The van der Waals surface area contributed by atoms with Crippen LogP contribution in [0.15, 0.2) is 30.5 Å². The summed E-state index contributed by atoms with van der Waals surface area (Å²) in [5.74, 6) is 0. The smallest absolute Gasteiger partial charge is 0.101 e. The first-order valence-electron chi connectivity index (χ1n) is 6.68. The molecule has 0 bridgehead atoms. The van der Waals surface area contributed by atoms with Gasteiger partial charge in [-0.3, -0.25) is 4.68 Å². The van der Waals surface area contributed by atoms with Crippen LogP contribution in [0.4, 0.5) is 5.69 Å². The van der Waals surface area contributed by atoms with Crippen molar-refractivity contribution in [1.29, 1.82) is 5.26 Å². The molecule has 1 N–H and O–H groups in total. The molecular formula is C16H20N4. The molecule has 0 saturated carbocycles. The molecule has 0 atom stereocenters. The lowest BCUT2D eigenvalue weighted by Crippen LogP contribution is -2.16. The molecule has 0 aliphatic heterocycles. The van der Waals surface area contributed by atoms with Crippen LogP contribution in [0.3, 0.4) is 0 Å². The normalized spacial score (nSPS) is 11.2. The van der Waals surface area contributed by atoms with Gasteiger partial charge in [-0.1, -0.05) is 32.9 Å². The van der Waals surface area contributed by atoms with E-state index in [4.69, 9.17) is 5.26 Å². The summed E-state index contributed by atoms with van der Waals surface area (Å²) in [7, 11) is 1.93. The molecule has 0 fully saturated rings. The maximum Gasteiger partial charge on any atom is 0.101 e. The van der Waals surface area contributed by atoms with Gasteiger partial charge >= 0.3 is 0 Å². The summed E-state index contributed by atoms with van der Waals surface area (Å²) in [4.78, 5) is 0. The molecule has 1 aromatic heterocycles. The maximum absolute atomic E-state index is 9.10. The van der Waals surface area contributed by atoms with E-state index in [2.05, 4.69) is 37.3 Å². The molecule has 1 aromatic carbocycles. The van der Waals surface area contributed by atoms with Gasteiger partial charge in [0.2, 0.25) is 0 Å². The van der Waals surface area contributed by atoms with Crippen molar-refractivity contribution in [2.75, 3.05) is 5.32 Å². The third kappa shape index (κ3) is 3.00. The number of anilines is 1. The Morgan fingerprint density at radius 1 is 1.30 bits per heavy atom.